The molecular weight excluding hydrogens is 432 g/mol. The number of pyridine rings is 1. The molecule has 34 heavy (non-hydrogen) atoms. The number of rotatable bonds is 6. The van der Waals surface area contributed by atoms with E-state index in [2.05, 4.69) is 0 Å². The van der Waals surface area contributed by atoms with Crippen LogP contribution in [0.15, 0.2) is 71.7 Å². The van der Waals surface area contributed by atoms with E-state index in [9.17, 15) is 14.4 Å². The number of hydrogen-bond acceptors (Lipinski definition) is 5. The molecular formula is C27H26N2O5. The van der Waals surface area contributed by atoms with Gasteiger partial charge in [0, 0.05) is 12.7 Å². The molecule has 2 aromatic carbocycles. The fourth-order valence-corrected chi connectivity index (χ4v) is 4.71. The summed E-state index contributed by atoms with van der Waals surface area (Å²) in [6.07, 6.45) is 2.31. The highest BCUT2D eigenvalue weighted by atomic mass is 16.5. The van der Waals surface area contributed by atoms with E-state index in [1.165, 1.54) is 13.1 Å². The first-order valence-electron chi connectivity index (χ1n) is 11.5. The van der Waals surface area contributed by atoms with Gasteiger partial charge in [0.2, 0.25) is 5.43 Å². The lowest BCUT2D eigenvalue weighted by Gasteiger charge is -2.45. The third-order valence-electron chi connectivity index (χ3n) is 6.37. The number of hydrogen-bond donors (Lipinski definition) is 0. The van der Waals surface area contributed by atoms with Crippen LogP contribution in [-0.2, 0) is 17.8 Å². The van der Waals surface area contributed by atoms with Gasteiger partial charge in [0.1, 0.15) is 6.61 Å². The summed E-state index contributed by atoms with van der Waals surface area (Å²) in [6, 6.07) is 19.0. The lowest BCUT2D eigenvalue weighted by Crippen LogP contribution is -2.56. The lowest BCUT2D eigenvalue weighted by molar-refractivity contribution is -0.111. The molecule has 0 radical (unpaired) electrons. The monoisotopic (exact) mass is 458 g/mol. The number of amides is 1. The van der Waals surface area contributed by atoms with Crippen molar-refractivity contribution in [1.82, 2.24) is 9.47 Å². The Kier molecular flexibility index (Phi) is 6.02. The standard InChI is InChI=1S/C27H26N2O5/c1-18(30)21-16-29-22(15-19-9-4-2-5-10-19)27-28(13-8-14-33-27)26(32)23(29)25(24(21)31)34-17-20-11-6-3-7-12-20/h2-7,9-12,16,22,27H,8,13-15,17H2,1H3/t22-,27+/m0/s1. The Morgan fingerprint density at radius 2 is 1.71 bits per heavy atom. The summed E-state index contributed by atoms with van der Waals surface area (Å²) in [5.74, 6) is -0.768. The number of ether oxygens (including phenoxy) is 2. The lowest BCUT2D eigenvalue weighted by atomic mass is 9.98. The number of ketones is 1. The van der Waals surface area contributed by atoms with E-state index in [0.29, 0.717) is 19.6 Å². The Bertz CT molecular complexity index is 1270. The molecule has 7 heteroatoms. The molecule has 0 bridgehead atoms. The maximum atomic E-state index is 13.6. The summed E-state index contributed by atoms with van der Waals surface area (Å²) in [6.45, 7) is 2.55. The van der Waals surface area contributed by atoms with Crippen LogP contribution in [0.4, 0.5) is 0 Å². The molecule has 174 valence electrons. The molecule has 3 heterocycles. The second-order valence-corrected chi connectivity index (χ2v) is 8.66. The van der Waals surface area contributed by atoms with Crippen LogP contribution in [-0.4, -0.2) is 40.5 Å². The first-order chi connectivity index (χ1) is 16.5. The Balaban J connectivity index is 1.66. The quantitative estimate of drug-likeness (QED) is 0.528. The van der Waals surface area contributed by atoms with Gasteiger partial charge >= 0.3 is 0 Å². The molecule has 1 amide bonds. The summed E-state index contributed by atoms with van der Waals surface area (Å²) in [5.41, 5.74) is 1.54. The maximum Gasteiger partial charge on any atom is 0.276 e. The van der Waals surface area contributed by atoms with E-state index in [0.717, 1.165) is 17.5 Å². The molecule has 5 rings (SSSR count). The maximum absolute atomic E-state index is 13.6. The molecule has 1 aromatic heterocycles. The van der Waals surface area contributed by atoms with Crippen LogP contribution in [0.2, 0.25) is 0 Å². The Morgan fingerprint density at radius 1 is 1.03 bits per heavy atom. The summed E-state index contributed by atoms with van der Waals surface area (Å²) in [4.78, 5) is 41.1. The van der Waals surface area contributed by atoms with Gasteiger partial charge in [-0.05, 0) is 30.9 Å². The number of carbonyl (C=O) groups is 2. The molecule has 3 aromatic rings. The third kappa shape index (κ3) is 4.03. The van der Waals surface area contributed by atoms with E-state index in [1.807, 2.05) is 60.7 Å². The van der Waals surface area contributed by atoms with Crippen molar-refractivity contribution in [3.05, 3.63) is 99.5 Å². The first-order valence-corrected chi connectivity index (χ1v) is 11.5. The highest BCUT2D eigenvalue weighted by Crippen LogP contribution is 2.36. The second kappa shape index (κ2) is 9.27. The fourth-order valence-electron chi connectivity index (χ4n) is 4.71. The van der Waals surface area contributed by atoms with Gasteiger partial charge in [0.15, 0.2) is 23.5 Å². The predicted molar refractivity (Wildman–Crippen MR) is 126 cm³/mol. The zero-order chi connectivity index (χ0) is 23.7. The van der Waals surface area contributed by atoms with Gasteiger partial charge < -0.3 is 18.9 Å². The number of fused-ring (bicyclic) bond motifs is 2. The van der Waals surface area contributed by atoms with Crippen molar-refractivity contribution in [2.75, 3.05) is 13.2 Å². The van der Waals surface area contributed by atoms with E-state index < -0.39 is 11.7 Å². The summed E-state index contributed by atoms with van der Waals surface area (Å²) in [7, 11) is 0. The fraction of sp³-hybridized carbons (Fsp3) is 0.296. The van der Waals surface area contributed by atoms with Gasteiger partial charge in [0.25, 0.3) is 5.91 Å². The van der Waals surface area contributed by atoms with Gasteiger partial charge in [-0.2, -0.15) is 0 Å². The Labute approximate surface area is 197 Å². The van der Waals surface area contributed by atoms with Crippen molar-refractivity contribution in [3.8, 4) is 5.75 Å². The second-order valence-electron chi connectivity index (χ2n) is 8.66. The van der Waals surface area contributed by atoms with Gasteiger partial charge in [0.05, 0.1) is 18.2 Å². The van der Waals surface area contributed by atoms with E-state index in [4.69, 9.17) is 9.47 Å². The number of carbonyl (C=O) groups excluding carboxylic acids is 2. The molecule has 1 fully saturated rings. The topological polar surface area (TPSA) is 77.8 Å². The van der Waals surface area contributed by atoms with Crippen LogP contribution in [0.1, 0.15) is 51.4 Å². The SMILES string of the molecule is CC(=O)c1cn2c(c(OCc3ccccc3)c1=O)C(=O)N1CCCO[C@@H]1[C@@H]2Cc1ccccc1. The van der Waals surface area contributed by atoms with Crippen LogP contribution in [0, 0.1) is 0 Å². The number of benzene rings is 2. The summed E-state index contributed by atoms with van der Waals surface area (Å²) >= 11 is 0. The molecule has 0 spiro atoms. The molecule has 2 atom stereocenters. The van der Waals surface area contributed by atoms with Crippen LogP contribution in [0.5, 0.6) is 5.75 Å². The van der Waals surface area contributed by atoms with Crippen molar-refractivity contribution in [3.63, 3.8) is 0 Å². The first kappa shape index (κ1) is 22.1. The van der Waals surface area contributed by atoms with Crippen LogP contribution in [0.3, 0.4) is 0 Å². The van der Waals surface area contributed by atoms with E-state index >= 15 is 0 Å². The average molecular weight is 459 g/mol. The predicted octanol–water partition coefficient (Wildman–Crippen LogP) is 3.62. The molecule has 7 nitrogen and oxygen atoms in total. The smallest absolute Gasteiger partial charge is 0.276 e. The number of aromatic nitrogens is 1. The zero-order valence-electron chi connectivity index (χ0n) is 19.0. The molecule has 1 saturated heterocycles. The molecule has 2 aliphatic heterocycles. The highest BCUT2D eigenvalue weighted by molar-refractivity contribution is 5.99. The molecule has 0 N–H and O–H groups in total. The highest BCUT2D eigenvalue weighted by Gasteiger charge is 2.44. The molecule has 2 aliphatic rings. The van der Waals surface area contributed by atoms with Crippen molar-refractivity contribution in [1.29, 1.82) is 0 Å². The van der Waals surface area contributed by atoms with Crippen molar-refractivity contribution >= 4 is 11.7 Å². The van der Waals surface area contributed by atoms with Gasteiger partial charge in [-0.3, -0.25) is 14.4 Å². The Hall–Kier alpha value is -3.71. The van der Waals surface area contributed by atoms with Gasteiger partial charge in [-0.25, -0.2) is 0 Å². The van der Waals surface area contributed by atoms with Crippen molar-refractivity contribution in [2.24, 2.45) is 0 Å². The summed E-state index contributed by atoms with van der Waals surface area (Å²) < 4.78 is 13.8. The number of Topliss-reactive ketones (excluding diaryl/α,β-unsaturated/α-hetero) is 1. The zero-order valence-corrected chi connectivity index (χ0v) is 19.0. The average Bonchev–Trinajstić information content (AvgIpc) is 2.86. The van der Waals surface area contributed by atoms with Crippen LogP contribution in [0.25, 0.3) is 0 Å². The molecule has 0 aliphatic carbocycles. The van der Waals surface area contributed by atoms with Crippen LogP contribution >= 0.6 is 0 Å². The summed E-state index contributed by atoms with van der Waals surface area (Å²) in [5, 5.41) is 0. The minimum absolute atomic E-state index is 0.00179. The van der Waals surface area contributed by atoms with Crippen molar-refractivity contribution < 1.29 is 19.1 Å². The van der Waals surface area contributed by atoms with Crippen molar-refractivity contribution in [2.45, 2.75) is 38.6 Å². The van der Waals surface area contributed by atoms with E-state index in [-0.39, 0.29) is 41.3 Å². The third-order valence-corrected chi connectivity index (χ3v) is 6.37. The van der Waals surface area contributed by atoms with Gasteiger partial charge in [-0.1, -0.05) is 60.7 Å². The largest absolute Gasteiger partial charge is 0.483 e. The normalized spacial score (nSPS) is 19.3. The van der Waals surface area contributed by atoms with E-state index in [1.54, 1.807) is 9.47 Å². The minimum Gasteiger partial charge on any atom is -0.483 e. The Morgan fingerprint density at radius 3 is 2.38 bits per heavy atom. The van der Waals surface area contributed by atoms with Crippen LogP contribution < -0.4 is 10.2 Å². The van der Waals surface area contributed by atoms with Gasteiger partial charge in [-0.15, -0.1) is 0 Å². The molecule has 0 saturated carbocycles. The minimum atomic E-state index is -0.558. The molecule has 0 unspecified atom stereocenters. The number of nitrogens with zero attached hydrogens (tertiary/aromatic N) is 2.